The van der Waals surface area contributed by atoms with Crippen LogP contribution in [-0.4, -0.2) is 51.3 Å². The fourth-order valence-corrected chi connectivity index (χ4v) is 2.88. The van der Waals surface area contributed by atoms with Gasteiger partial charge in [-0.05, 0) is 38.3 Å². The first kappa shape index (κ1) is 19.2. The highest BCUT2D eigenvalue weighted by molar-refractivity contribution is 5.95. The summed E-state index contributed by atoms with van der Waals surface area (Å²) in [6.45, 7) is 8.36. The summed E-state index contributed by atoms with van der Waals surface area (Å²) in [5.41, 5.74) is 2.34. The third kappa shape index (κ3) is 6.05. The number of aliphatic imine (C=N–C) groups is 1. The van der Waals surface area contributed by atoms with E-state index in [0.29, 0.717) is 19.6 Å². The van der Waals surface area contributed by atoms with E-state index in [1.165, 1.54) is 5.56 Å². The number of para-hydroxylation sites is 1. The number of carbonyl (C=O) groups excluding carboxylic acids is 1. The number of nitrogens with zero attached hydrogens (tertiary/aromatic N) is 2. The second-order valence-electron chi connectivity index (χ2n) is 5.91. The van der Waals surface area contributed by atoms with Crippen molar-refractivity contribution in [2.45, 2.75) is 33.1 Å². The fourth-order valence-electron chi connectivity index (χ4n) is 2.88. The lowest BCUT2D eigenvalue weighted by molar-refractivity contribution is -0.118. The Bertz CT molecular complexity index is 574. The summed E-state index contributed by atoms with van der Waals surface area (Å²) < 4.78 is 5.31. The van der Waals surface area contributed by atoms with Gasteiger partial charge in [0.2, 0.25) is 5.91 Å². The van der Waals surface area contributed by atoms with Crippen LogP contribution in [0.25, 0.3) is 0 Å². The highest BCUT2D eigenvalue weighted by Gasteiger charge is 2.23. The summed E-state index contributed by atoms with van der Waals surface area (Å²) in [7, 11) is 0. The van der Waals surface area contributed by atoms with Gasteiger partial charge in [-0.2, -0.15) is 0 Å². The van der Waals surface area contributed by atoms with Crippen LogP contribution in [0.4, 0.5) is 5.69 Å². The Morgan fingerprint density at radius 1 is 1.28 bits per heavy atom. The highest BCUT2D eigenvalue weighted by atomic mass is 16.5. The van der Waals surface area contributed by atoms with Crippen molar-refractivity contribution in [3.8, 4) is 0 Å². The number of benzene rings is 1. The number of hydrogen-bond acceptors (Lipinski definition) is 3. The number of nitrogens with one attached hydrogen (secondary N) is 2. The number of amides is 1. The van der Waals surface area contributed by atoms with Gasteiger partial charge in [-0.25, -0.2) is 0 Å². The van der Waals surface area contributed by atoms with Gasteiger partial charge in [-0.1, -0.05) is 18.2 Å². The third-order valence-electron chi connectivity index (χ3n) is 4.09. The standard InChI is InChI=1S/C19H30N4O2/c1-3-20-19(22-13-15-25-4-2)21-12-7-10-18(24)23-14-11-16-8-5-6-9-17(16)23/h5-6,8-9H,3-4,7,10-15H2,1-2H3,(H2,20,21,22). The molecule has 1 heterocycles. The minimum atomic E-state index is 0.189. The lowest BCUT2D eigenvalue weighted by atomic mass is 10.2. The monoisotopic (exact) mass is 346 g/mol. The smallest absolute Gasteiger partial charge is 0.227 e. The maximum absolute atomic E-state index is 12.5. The van der Waals surface area contributed by atoms with Crippen LogP contribution in [0.15, 0.2) is 29.3 Å². The van der Waals surface area contributed by atoms with Gasteiger partial charge in [0, 0.05) is 44.9 Å². The lowest BCUT2D eigenvalue weighted by Crippen LogP contribution is -2.39. The summed E-state index contributed by atoms with van der Waals surface area (Å²) in [6.07, 6.45) is 2.23. The molecule has 0 unspecified atom stereocenters. The number of fused-ring (bicyclic) bond motifs is 1. The Morgan fingerprint density at radius 3 is 2.92 bits per heavy atom. The molecule has 2 N–H and O–H groups in total. The summed E-state index contributed by atoms with van der Waals surface area (Å²) in [5.74, 6) is 0.968. The van der Waals surface area contributed by atoms with Crippen LogP contribution in [0.1, 0.15) is 32.3 Å². The molecule has 0 fully saturated rings. The van der Waals surface area contributed by atoms with E-state index in [-0.39, 0.29) is 5.91 Å². The molecule has 1 aromatic rings. The first-order valence-corrected chi connectivity index (χ1v) is 9.24. The highest BCUT2D eigenvalue weighted by Crippen LogP contribution is 2.27. The zero-order chi connectivity index (χ0) is 17.9. The molecule has 0 aliphatic carbocycles. The summed E-state index contributed by atoms with van der Waals surface area (Å²) in [5, 5.41) is 6.43. The molecular weight excluding hydrogens is 316 g/mol. The van der Waals surface area contributed by atoms with Gasteiger partial charge in [-0.15, -0.1) is 0 Å². The van der Waals surface area contributed by atoms with Crippen molar-refractivity contribution in [3.63, 3.8) is 0 Å². The van der Waals surface area contributed by atoms with E-state index in [9.17, 15) is 4.79 Å². The van der Waals surface area contributed by atoms with Crippen molar-refractivity contribution < 1.29 is 9.53 Å². The molecule has 0 atom stereocenters. The van der Waals surface area contributed by atoms with Gasteiger partial charge in [0.25, 0.3) is 0 Å². The van der Waals surface area contributed by atoms with Crippen molar-refractivity contribution in [3.05, 3.63) is 29.8 Å². The van der Waals surface area contributed by atoms with Crippen LogP contribution in [-0.2, 0) is 16.0 Å². The molecule has 25 heavy (non-hydrogen) atoms. The molecule has 1 aromatic carbocycles. The fraction of sp³-hybridized carbons (Fsp3) is 0.579. The number of ether oxygens (including phenoxy) is 1. The largest absolute Gasteiger partial charge is 0.380 e. The van der Waals surface area contributed by atoms with E-state index in [1.807, 2.05) is 36.9 Å². The van der Waals surface area contributed by atoms with Crippen LogP contribution in [0.2, 0.25) is 0 Å². The molecule has 0 saturated heterocycles. The van der Waals surface area contributed by atoms with Gasteiger partial charge >= 0.3 is 0 Å². The Hall–Kier alpha value is -2.08. The molecule has 6 nitrogen and oxygen atoms in total. The molecule has 0 spiro atoms. The van der Waals surface area contributed by atoms with E-state index < -0.39 is 0 Å². The Balaban J connectivity index is 1.74. The van der Waals surface area contributed by atoms with Crippen LogP contribution in [0, 0.1) is 0 Å². The maximum Gasteiger partial charge on any atom is 0.227 e. The normalized spacial score (nSPS) is 13.7. The van der Waals surface area contributed by atoms with Gasteiger partial charge in [0.1, 0.15) is 0 Å². The van der Waals surface area contributed by atoms with E-state index in [0.717, 1.165) is 50.7 Å². The predicted molar refractivity (Wildman–Crippen MR) is 102 cm³/mol. The Morgan fingerprint density at radius 2 is 2.12 bits per heavy atom. The summed E-state index contributed by atoms with van der Waals surface area (Å²) in [4.78, 5) is 18.9. The molecule has 2 rings (SSSR count). The van der Waals surface area contributed by atoms with E-state index >= 15 is 0 Å². The first-order chi connectivity index (χ1) is 12.3. The van der Waals surface area contributed by atoms with Crippen molar-refractivity contribution in [2.24, 2.45) is 4.99 Å². The maximum atomic E-state index is 12.5. The second-order valence-corrected chi connectivity index (χ2v) is 5.91. The van der Waals surface area contributed by atoms with Crippen molar-refractivity contribution in [1.82, 2.24) is 10.6 Å². The van der Waals surface area contributed by atoms with Gasteiger partial charge in [-0.3, -0.25) is 9.79 Å². The minimum absolute atomic E-state index is 0.189. The van der Waals surface area contributed by atoms with Gasteiger partial charge < -0.3 is 20.3 Å². The van der Waals surface area contributed by atoms with E-state index in [1.54, 1.807) is 0 Å². The van der Waals surface area contributed by atoms with Crippen molar-refractivity contribution >= 4 is 17.6 Å². The van der Waals surface area contributed by atoms with E-state index in [4.69, 9.17) is 4.74 Å². The van der Waals surface area contributed by atoms with Gasteiger partial charge in [0.15, 0.2) is 5.96 Å². The van der Waals surface area contributed by atoms with Gasteiger partial charge in [0.05, 0.1) is 6.61 Å². The molecule has 0 radical (unpaired) electrons. The minimum Gasteiger partial charge on any atom is -0.380 e. The molecule has 1 amide bonds. The number of hydrogen-bond donors (Lipinski definition) is 2. The molecular formula is C19H30N4O2. The van der Waals surface area contributed by atoms with Crippen LogP contribution >= 0.6 is 0 Å². The van der Waals surface area contributed by atoms with Crippen molar-refractivity contribution in [2.75, 3.05) is 44.3 Å². The molecule has 0 aromatic heterocycles. The quantitative estimate of drug-likeness (QED) is 0.407. The lowest BCUT2D eigenvalue weighted by Gasteiger charge is -2.17. The molecule has 1 aliphatic rings. The number of anilines is 1. The van der Waals surface area contributed by atoms with E-state index in [2.05, 4.69) is 21.7 Å². The van der Waals surface area contributed by atoms with Crippen LogP contribution in [0.3, 0.4) is 0 Å². The predicted octanol–water partition coefficient (Wildman–Crippen LogP) is 1.95. The van der Waals surface area contributed by atoms with Crippen LogP contribution < -0.4 is 15.5 Å². The Labute approximate surface area is 150 Å². The first-order valence-electron chi connectivity index (χ1n) is 9.24. The molecule has 0 saturated carbocycles. The molecule has 0 bridgehead atoms. The summed E-state index contributed by atoms with van der Waals surface area (Å²) >= 11 is 0. The Kier molecular flexibility index (Phi) is 8.25. The zero-order valence-corrected chi connectivity index (χ0v) is 15.4. The number of carbonyl (C=O) groups is 1. The topological polar surface area (TPSA) is 66.0 Å². The second kappa shape index (κ2) is 10.7. The SMILES string of the molecule is CCNC(=NCCCC(=O)N1CCc2ccccc21)NCCOCC. The van der Waals surface area contributed by atoms with Crippen LogP contribution in [0.5, 0.6) is 0 Å². The third-order valence-corrected chi connectivity index (χ3v) is 4.09. The molecule has 6 heteroatoms. The zero-order valence-electron chi connectivity index (χ0n) is 15.4. The molecule has 1 aliphatic heterocycles. The average Bonchev–Trinajstić information content (AvgIpc) is 3.06. The van der Waals surface area contributed by atoms with Crippen molar-refractivity contribution in [1.29, 1.82) is 0 Å². The summed E-state index contributed by atoms with van der Waals surface area (Å²) in [6, 6.07) is 8.15. The molecule has 138 valence electrons. The number of guanidine groups is 1. The number of rotatable bonds is 9. The average molecular weight is 346 g/mol.